The van der Waals surface area contributed by atoms with Crippen LogP contribution in [-0.2, 0) is 19.2 Å². The van der Waals surface area contributed by atoms with E-state index in [0.717, 1.165) is 11.0 Å². The van der Waals surface area contributed by atoms with Crippen LogP contribution in [0, 0.1) is 0 Å². The molecule has 0 radical (unpaired) electrons. The van der Waals surface area contributed by atoms with Gasteiger partial charge in [-0.25, -0.2) is 9.59 Å². The van der Waals surface area contributed by atoms with Crippen molar-refractivity contribution in [2.75, 3.05) is 34.3 Å². The number of hydrogen-bond acceptors (Lipinski definition) is 9. The highest BCUT2D eigenvalue weighted by Crippen LogP contribution is 1.92. The van der Waals surface area contributed by atoms with E-state index in [1.165, 1.54) is 13.8 Å². The lowest BCUT2D eigenvalue weighted by molar-refractivity contribution is -0.870. The third kappa shape index (κ3) is 41.3. The summed E-state index contributed by atoms with van der Waals surface area (Å²) < 4.78 is 0.844. The predicted molar refractivity (Wildman–Crippen MR) is 98.5 cm³/mol. The number of nitrogens with zero attached hydrogens (tertiary/aromatic N) is 1. The molecule has 0 bridgehead atoms. The minimum Gasteiger partial charge on any atom is -0.548 e. The van der Waals surface area contributed by atoms with Gasteiger partial charge in [0.1, 0.15) is 18.8 Å². The van der Waals surface area contributed by atoms with Gasteiger partial charge in [0, 0.05) is 12.5 Å². The number of aliphatic hydroxyl groups excluding tert-OH is 3. The second kappa shape index (κ2) is 19.0. The molecule has 0 aromatic heterocycles. The van der Waals surface area contributed by atoms with Gasteiger partial charge >= 0.3 is 17.9 Å². The van der Waals surface area contributed by atoms with Crippen LogP contribution in [0.1, 0.15) is 26.7 Å². The molecule has 13 nitrogen and oxygen atoms in total. The number of carbonyl (C=O) groups is 4. The molecule has 0 heterocycles. The van der Waals surface area contributed by atoms with E-state index in [9.17, 15) is 24.3 Å². The Kier molecular flexibility index (Phi) is 22.4. The molecule has 0 fully saturated rings. The smallest absolute Gasteiger partial charge is 0.332 e. The summed E-state index contributed by atoms with van der Waals surface area (Å²) in [6.07, 6.45) is -2.79. The van der Waals surface area contributed by atoms with Gasteiger partial charge in [-0.3, -0.25) is 4.79 Å². The fraction of sp³-hybridized carbons (Fsp3) is 0.750. The summed E-state index contributed by atoms with van der Waals surface area (Å²) in [5.41, 5.74) is 4.94. The minimum absolute atomic E-state index is 0.0856. The first kappa shape index (κ1) is 34.2. The van der Waals surface area contributed by atoms with Crippen molar-refractivity contribution in [1.82, 2.24) is 0 Å². The number of carbonyl (C=O) groups excluding carboxylic acids is 1. The van der Waals surface area contributed by atoms with Crippen molar-refractivity contribution in [3.63, 3.8) is 0 Å². The summed E-state index contributed by atoms with van der Waals surface area (Å²) in [6.45, 7) is 3.51. The normalized spacial score (nSPS) is 12.9. The van der Waals surface area contributed by atoms with Crippen molar-refractivity contribution in [3.8, 4) is 0 Å². The Morgan fingerprint density at radius 2 is 1.24 bits per heavy atom. The van der Waals surface area contributed by atoms with Gasteiger partial charge in [0.15, 0.2) is 0 Å². The number of aliphatic hydroxyl groups is 3. The van der Waals surface area contributed by atoms with Gasteiger partial charge in [-0.15, -0.1) is 0 Å². The van der Waals surface area contributed by atoms with Crippen molar-refractivity contribution in [1.29, 1.82) is 0 Å². The number of aliphatic carboxylic acids is 4. The molecule has 0 aromatic rings. The zero-order chi connectivity index (χ0) is 24.4. The Balaban J connectivity index is -0.000000148. The molecule has 0 saturated heterocycles. The molecule has 3 atom stereocenters. The van der Waals surface area contributed by atoms with Crippen LogP contribution in [0.2, 0.25) is 0 Å². The standard InChI is InChI=1S/C5H9NO4.C5H14NO.2C3H6O3/c6-3(5(9)10)1-2-4(7)8;1-6(2,3)4-5-7;2*1-2(4)3(5)6/h3H,1-2,6H2,(H,7,8)(H,9,10);7H,4-5H2,1-3H3;2*2,4H,1H3,(H,5,6)/q;+1;;/p-1. The van der Waals surface area contributed by atoms with Crippen molar-refractivity contribution in [2.24, 2.45) is 5.73 Å². The summed E-state index contributed by atoms with van der Waals surface area (Å²) in [4.78, 5) is 38.6. The zero-order valence-electron chi connectivity index (χ0n) is 17.3. The second-order valence-electron chi connectivity index (χ2n) is 6.62. The van der Waals surface area contributed by atoms with E-state index in [-0.39, 0.29) is 19.4 Å². The quantitative estimate of drug-likeness (QED) is 0.186. The van der Waals surface area contributed by atoms with Gasteiger partial charge in [0.2, 0.25) is 0 Å². The van der Waals surface area contributed by atoms with Crippen molar-refractivity contribution in [2.45, 2.75) is 44.9 Å². The predicted octanol–water partition coefficient (Wildman–Crippen LogP) is -3.48. The Morgan fingerprint density at radius 1 is 0.931 bits per heavy atom. The Bertz CT molecular complexity index is 456. The molecule has 13 heteroatoms. The highest BCUT2D eigenvalue weighted by molar-refractivity contribution is 5.73. The molecule has 8 N–H and O–H groups in total. The molecule has 0 amide bonds. The van der Waals surface area contributed by atoms with Crippen LogP contribution in [0.3, 0.4) is 0 Å². The molecule has 0 aliphatic carbocycles. The van der Waals surface area contributed by atoms with Crippen molar-refractivity contribution < 1.29 is 59.4 Å². The lowest BCUT2D eigenvalue weighted by Crippen LogP contribution is -2.41. The molecule has 0 rings (SSSR count). The van der Waals surface area contributed by atoms with Gasteiger partial charge in [-0.2, -0.15) is 0 Å². The third-order valence-electron chi connectivity index (χ3n) is 2.46. The first-order valence-corrected chi connectivity index (χ1v) is 8.30. The summed E-state index contributed by atoms with van der Waals surface area (Å²) >= 11 is 0. The molecule has 0 aliphatic rings. The number of rotatable bonds is 8. The number of likely N-dealkylation sites (N-methyl/N-ethyl adjacent to an activating group) is 1. The van der Waals surface area contributed by atoms with Crippen LogP contribution in [0.25, 0.3) is 0 Å². The van der Waals surface area contributed by atoms with Gasteiger partial charge in [-0.05, 0) is 20.3 Å². The molecule has 0 aliphatic heterocycles. The fourth-order valence-corrected chi connectivity index (χ4v) is 0.697. The lowest BCUT2D eigenvalue weighted by Gasteiger charge is -2.21. The van der Waals surface area contributed by atoms with Crippen molar-refractivity contribution in [3.05, 3.63) is 0 Å². The van der Waals surface area contributed by atoms with Crippen LogP contribution < -0.4 is 10.8 Å². The molecule has 0 aromatic carbocycles. The molecule has 29 heavy (non-hydrogen) atoms. The number of carboxylic acids is 4. The van der Waals surface area contributed by atoms with Crippen LogP contribution in [-0.4, -0.2) is 112 Å². The minimum atomic E-state index is -1.42. The van der Waals surface area contributed by atoms with Gasteiger partial charge < -0.3 is 50.8 Å². The van der Waals surface area contributed by atoms with E-state index >= 15 is 0 Å². The lowest BCUT2D eigenvalue weighted by atomic mass is 10.2. The molecular formula is C16H34N2O11. The SMILES string of the molecule is CC(O)C(=O)O.CC(O)C(=O)O.C[N+](C)(C)CCO.NC(CCC(=O)O)C(=O)[O-]. The molecule has 174 valence electrons. The molecular weight excluding hydrogens is 396 g/mol. The maximum Gasteiger partial charge on any atom is 0.332 e. The average Bonchev–Trinajstić information content (AvgIpc) is 2.52. The van der Waals surface area contributed by atoms with E-state index < -0.39 is 42.1 Å². The first-order valence-electron chi connectivity index (χ1n) is 8.30. The van der Waals surface area contributed by atoms with E-state index in [0.29, 0.717) is 0 Å². The largest absolute Gasteiger partial charge is 0.548 e. The van der Waals surface area contributed by atoms with E-state index in [1.54, 1.807) is 0 Å². The summed E-state index contributed by atoms with van der Waals surface area (Å²) in [5.74, 6) is -4.84. The zero-order valence-corrected chi connectivity index (χ0v) is 17.3. The number of hydrogen-bond donors (Lipinski definition) is 7. The highest BCUT2D eigenvalue weighted by atomic mass is 16.4. The second-order valence-corrected chi connectivity index (χ2v) is 6.62. The molecule has 0 spiro atoms. The summed E-state index contributed by atoms with van der Waals surface area (Å²) in [6, 6.07) is -1.17. The average molecular weight is 430 g/mol. The number of nitrogens with two attached hydrogens (primary N) is 1. The first-order chi connectivity index (χ1) is 12.9. The van der Waals surface area contributed by atoms with Gasteiger partial charge in [0.05, 0.1) is 33.7 Å². The Morgan fingerprint density at radius 3 is 1.34 bits per heavy atom. The van der Waals surface area contributed by atoms with Crippen molar-refractivity contribution >= 4 is 23.9 Å². The van der Waals surface area contributed by atoms with E-state index in [2.05, 4.69) is 21.1 Å². The topological polar surface area (TPSA) is 239 Å². The summed E-state index contributed by atoms with van der Waals surface area (Å²) in [7, 11) is 6.16. The summed E-state index contributed by atoms with van der Waals surface area (Å²) in [5, 5.41) is 57.9. The maximum absolute atomic E-state index is 9.88. The maximum atomic E-state index is 9.88. The highest BCUT2D eigenvalue weighted by Gasteiger charge is 2.05. The van der Waals surface area contributed by atoms with Gasteiger partial charge in [-0.1, -0.05) is 0 Å². The fourth-order valence-electron chi connectivity index (χ4n) is 0.697. The Labute approximate surface area is 169 Å². The van der Waals surface area contributed by atoms with Gasteiger partial charge in [0.25, 0.3) is 0 Å². The molecule has 0 saturated carbocycles. The number of carboxylic acid groups (broad SMARTS) is 4. The number of quaternary nitrogens is 1. The molecule has 3 unspecified atom stereocenters. The van der Waals surface area contributed by atoms with E-state index in [4.69, 9.17) is 36.4 Å². The van der Waals surface area contributed by atoms with Crippen LogP contribution in [0.15, 0.2) is 0 Å². The van der Waals surface area contributed by atoms with Crippen LogP contribution in [0.5, 0.6) is 0 Å². The van der Waals surface area contributed by atoms with E-state index in [1.807, 2.05) is 0 Å². The van der Waals surface area contributed by atoms with Crippen LogP contribution in [0.4, 0.5) is 0 Å². The van der Waals surface area contributed by atoms with Crippen LogP contribution >= 0.6 is 0 Å². The Hall–Kier alpha value is -2.32. The monoisotopic (exact) mass is 430 g/mol. The third-order valence-corrected chi connectivity index (χ3v) is 2.46.